The van der Waals surface area contributed by atoms with Crippen LogP contribution in [0.5, 0.6) is 5.75 Å². The average Bonchev–Trinajstić information content (AvgIpc) is 2.94. The van der Waals surface area contributed by atoms with Gasteiger partial charge in [0.25, 0.3) is 5.91 Å². The maximum atomic E-state index is 12.1. The number of rotatable bonds is 2. The fraction of sp³-hybridized carbons (Fsp3) is 0.538. The zero-order valence-electron chi connectivity index (χ0n) is 10.2. The lowest BCUT2D eigenvalue weighted by molar-refractivity contribution is 0.0926. The summed E-state index contributed by atoms with van der Waals surface area (Å²) in [5.74, 6) is -0.259. The fourth-order valence-electron chi connectivity index (χ4n) is 3.08. The van der Waals surface area contributed by atoms with Gasteiger partial charge in [0.1, 0.15) is 5.75 Å². The van der Waals surface area contributed by atoms with Gasteiger partial charge in [-0.05, 0) is 31.9 Å². The van der Waals surface area contributed by atoms with E-state index in [1.165, 1.54) is 18.8 Å². The molecule has 5 heteroatoms. The van der Waals surface area contributed by atoms with E-state index in [-0.39, 0.29) is 17.7 Å². The Bertz CT molecular complexity index is 463. The van der Waals surface area contributed by atoms with Crippen molar-refractivity contribution >= 4 is 5.91 Å². The lowest BCUT2D eigenvalue weighted by Crippen LogP contribution is -2.42. The summed E-state index contributed by atoms with van der Waals surface area (Å²) in [5, 5.41) is 12.6. The van der Waals surface area contributed by atoms with Crippen molar-refractivity contribution in [3.8, 4) is 5.75 Å². The Kier molecular flexibility index (Phi) is 2.91. The van der Waals surface area contributed by atoms with E-state index in [1.54, 1.807) is 6.07 Å². The normalized spacial score (nSPS) is 27.1. The molecule has 2 aliphatic rings. The Morgan fingerprint density at radius 2 is 2.33 bits per heavy atom. The Morgan fingerprint density at radius 1 is 1.44 bits per heavy atom. The Labute approximate surface area is 106 Å². The van der Waals surface area contributed by atoms with Crippen LogP contribution < -0.4 is 5.32 Å². The minimum Gasteiger partial charge on any atom is -0.505 e. The first kappa shape index (κ1) is 11.5. The first-order valence-electron chi connectivity index (χ1n) is 6.43. The second-order valence-electron chi connectivity index (χ2n) is 5.01. The van der Waals surface area contributed by atoms with Gasteiger partial charge in [-0.25, -0.2) is 0 Å². The van der Waals surface area contributed by atoms with Gasteiger partial charge in [0.15, 0.2) is 0 Å². The summed E-state index contributed by atoms with van der Waals surface area (Å²) in [6.45, 7) is 2.22. The van der Waals surface area contributed by atoms with Crippen LogP contribution >= 0.6 is 0 Å². The van der Waals surface area contributed by atoms with Gasteiger partial charge in [-0.2, -0.15) is 0 Å². The van der Waals surface area contributed by atoms with Gasteiger partial charge in [-0.3, -0.25) is 14.7 Å². The molecular weight excluding hydrogens is 230 g/mol. The summed E-state index contributed by atoms with van der Waals surface area (Å²) >= 11 is 0. The topological polar surface area (TPSA) is 65.5 Å². The van der Waals surface area contributed by atoms with Crippen LogP contribution in [0.2, 0.25) is 0 Å². The van der Waals surface area contributed by atoms with E-state index in [0.29, 0.717) is 11.6 Å². The zero-order chi connectivity index (χ0) is 12.5. The molecule has 2 atom stereocenters. The van der Waals surface area contributed by atoms with Crippen molar-refractivity contribution in [2.75, 3.05) is 13.1 Å². The zero-order valence-corrected chi connectivity index (χ0v) is 10.2. The highest BCUT2D eigenvalue weighted by molar-refractivity contribution is 5.96. The molecule has 5 nitrogen and oxygen atoms in total. The molecule has 2 aliphatic heterocycles. The van der Waals surface area contributed by atoms with Crippen molar-refractivity contribution in [2.45, 2.75) is 31.3 Å². The van der Waals surface area contributed by atoms with Gasteiger partial charge in [-0.15, -0.1) is 0 Å². The number of hydrogen-bond donors (Lipinski definition) is 2. The van der Waals surface area contributed by atoms with Crippen LogP contribution in [-0.2, 0) is 0 Å². The molecule has 1 aromatic heterocycles. The number of aromatic nitrogens is 1. The molecule has 2 fully saturated rings. The van der Waals surface area contributed by atoms with Crippen molar-refractivity contribution in [1.29, 1.82) is 0 Å². The lowest BCUT2D eigenvalue weighted by Gasteiger charge is -2.21. The van der Waals surface area contributed by atoms with E-state index in [4.69, 9.17) is 0 Å². The van der Waals surface area contributed by atoms with Crippen molar-refractivity contribution in [2.24, 2.45) is 0 Å². The third kappa shape index (κ3) is 1.95. The highest BCUT2D eigenvalue weighted by Gasteiger charge is 2.37. The molecule has 3 rings (SSSR count). The first-order valence-corrected chi connectivity index (χ1v) is 6.43. The quantitative estimate of drug-likeness (QED) is 0.809. The Morgan fingerprint density at radius 3 is 3.17 bits per heavy atom. The Balaban J connectivity index is 1.70. The Hall–Kier alpha value is -1.62. The molecule has 1 aromatic rings. The summed E-state index contributed by atoms with van der Waals surface area (Å²) in [7, 11) is 0. The van der Waals surface area contributed by atoms with Crippen molar-refractivity contribution < 1.29 is 9.90 Å². The van der Waals surface area contributed by atoms with Crippen LogP contribution in [0.3, 0.4) is 0 Å². The second-order valence-corrected chi connectivity index (χ2v) is 5.01. The molecule has 3 heterocycles. The standard InChI is InChI=1S/C13H17N3O2/c17-12-8-14-5-3-9(12)13(18)15-10-4-7-16-6-1-2-11(10)16/h3,5,8,10-11,17H,1-2,4,6-7H2,(H,15,18). The van der Waals surface area contributed by atoms with E-state index in [0.717, 1.165) is 25.9 Å². The molecule has 0 saturated carbocycles. The third-order valence-corrected chi connectivity index (χ3v) is 3.97. The highest BCUT2D eigenvalue weighted by atomic mass is 16.3. The van der Waals surface area contributed by atoms with Crippen LogP contribution in [0.1, 0.15) is 29.6 Å². The summed E-state index contributed by atoms with van der Waals surface area (Å²) in [6.07, 6.45) is 6.20. The van der Waals surface area contributed by atoms with Gasteiger partial charge < -0.3 is 10.4 Å². The van der Waals surface area contributed by atoms with E-state index < -0.39 is 0 Å². The minimum absolute atomic E-state index is 0.0590. The van der Waals surface area contributed by atoms with Crippen LogP contribution in [-0.4, -0.2) is 46.1 Å². The molecule has 2 unspecified atom stereocenters. The molecular formula is C13H17N3O2. The second kappa shape index (κ2) is 4.57. The van der Waals surface area contributed by atoms with Gasteiger partial charge in [0, 0.05) is 24.8 Å². The summed E-state index contributed by atoms with van der Waals surface area (Å²) in [5.41, 5.74) is 0.307. The van der Waals surface area contributed by atoms with Crippen molar-refractivity contribution in [3.63, 3.8) is 0 Å². The predicted molar refractivity (Wildman–Crippen MR) is 66.4 cm³/mol. The molecule has 0 radical (unpaired) electrons. The molecule has 2 N–H and O–H groups in total. The average molecular weight is 247 g/mol. The number of fused-ring (bicyclic) bond motifs is 1. The highest BCUT2D eigenvalue weighted by Crippen LogP contribution is 2.28. The number of aromatic hydroxyl groups is 1. The summed E-state index contributed by atoms with van der Waals surface area (Å²) in [6, 6.07) is 2.25. The monoisotopic (exact) mass is 247 g/mol. The van der Waals surface area contributed by atoms with Crippen molar-refractivity contribution in [1.82, 2.24) is 15.2 Å². The molecule has 0 aromatic carbocycles. The van der Waals surface area contributed by atoms with E-state index in [9.17, 15) is 9.90 Å². The SMILES string of the molecule is O=C(NC1CCN2CCCC12)c1ccncc1O. The number of nitrogens with zero attached hydrogens (tertiary/aromatic N) is 2. The number of amides is 1. The van der Waals surface area contributed by atoms with Crippen LogP contribution in [0.25, 0.3) is 0 Å². The minimum atomic E-state index is -0.200. The number of pyridine rings is 1. The molecule has 0 aliphatic carbocycles. The largest absolute Gasteiger partial charge is 0.505 e. The van der Waals surface area contributed by atoms with Gasteiger partial charge >= 0.3 is 0 Å². The van der Waals surface area contributed by atoms with Crippen LogP contribution in [0.4, 0.5) is 0 Å². The first-order chi connectivity index (χ1) is 8.75. The fourth-order valence-corrected chi connectivity index (χ4v) is 3.08. The number of carbonyl (C=O) groups is 1. The van der Waals surface area contributed by atoms with Crippen LogP contribution in [0.15, 0.2) is 18.5 Å². The van der Waals surface area contributed by atoms with Gasteiger partial charge in [0.05, 0.1) is 11.8 Å². The lowest BCUT2D eigenvalue weighted by atomic mass is 10.1. The van der Waals surface area contributed by atoms with Crippen LogP contribution in [0, 0.1) is 0 Å². The predicted octanol–water partition coefficient (Wildman–Crippen LogP) is 0.754. The maximum Gasteiger partial charge on any atom is 0.255 e. The molecule has 1 amide bonds. The molecule has 0 spiro atoms. The van der Waals surface area contributed by atoms with Gasteiger partial charge in [-0.1, -0.05) is 0 Å². The number of carbonyl (C=O) groups excluding carboxylic acids is 1. The molecule has 2 saturated heterocycles. The van der Waals surface area contributed by atoms with Gasteiger partial charge in [0.2, 0.25) is 0 Å². The molecule has 96 valence electrons. The van der Waals surface area contributed by atoms with E-state index in [2.05, 4.69) is 15.2 Å². The smallest absolute Gasteiger partial charge is 0.255 e. The number of hydrogen-bond acceptors (Lipinski definition) is 4. The number of nitrogens with one attached hydrogen (secondary N) is 1. The molecule has 18 heavy (non-hydrogen) atoms. The summed E-state index contributed by atoms with van der Waals surface area (Å²) in [4.78, 5) is 18.3. The third-order valence-electron chi connectivity index (χ3n) is 3.97. The van der Waals surface area contributed by atoms with E-state index >= 15 is 0 Å². The van der Waals surface area contributed by atoms with E-state index in [1.807, 2.05) is 0 Å². The van der Waals surface area contributed by atoms with Crippen molar-refractivity contribution in [3.05, 3.63) is 24.0 Å². The maximum absolute atomic E-state index is 12.1. The summed E-state index contributed by atoms with van der Waals surface area (Å²) < 4.78 is 0. The molecule has 0 bridgehead atoms.